The van der Waals surface area contributed by atoms with E-state index in [-0.39, 0.29) is 18.0 Å². The molecular weight excluding hydrogens is 790 g/mol. The van der Waals surface area contributed by atoms with E-state index in [0.717, 1.165) is 87.6 Å². The van der Waals surface area contributed by atoms with Crippen LogP contribution < -0.4 is 10.6 Å². The summed E-state index contributed by atoms with van der Waals surface area (Å²) in [6, 6.07) is 5.10. The van der Waals surface area contributed by atoms with Gasteiger partial charge in [-0.05, 0) is 127 Å². The average molecular weight is 886 g/mol. The van der Waals surface area contributed by atoms with Crippen molar-refractivity contribution in [3.05, 3.63) is 83.4 Å². The van der Waals surface area contributed by atoms with Crippen LogP contribution in [0.2, 0.25) is 0 Å². The molecule has 1 aromatic carbocycles. The van der Waals surface area contributed by atoms with E-state index in [1.807, 2.05) is 88.3 Å². The number of unbranched alkanes of at least 4 members (excludes halogenated alkanes) is 2. The number of allylic oxidation sites excluding steroid dienone is 3. The fourth-order valence-electron chi connectivity index (χ4n) is 5.14. The highest BCUT2D eigenvalue weighted by Crippen LogP contribution is 2.32. The van der Waals surface area contributed by atoms with Gasteiger partial charge in [-0.25, -0.2) is 4.39 Å². The van der Waals surface area contributed by atoms with Gasteiger partial charge in [0.2, 0.25) is 6.41 Å². The molecule has 0 unspecified atom stereocenters. The summed E-state index contributed by atoms with van der Waals surface area (Å²) in [4.78, 5) is 31.2. The van der Waals surface area contributed by atoms with Crippen molar-refractivity contribution < 1.29 is 28.2 Å². The molecule has 0 saturated heterocycles. The standard InChI is InChI=1S/C18H32N2O2.C12H21NO2.C8H9F.C3H8.3C2H6.3C2H2.CH2O/c1-6-12-22-18-13-17(20-11-7-10-19-4)16(15(18)3)9-8-14(2)21-5;1-3-5-7-9-13(11-15)12(10-14)8-6-4-2;1-6-3-7(2)5-8(9)4-6;1-3-2;7*1-2/h6,8,17-20H,1,7,9-13H2,2-5H3;4,10-12H,2-3,5-9H2,1H3;3-5H,1-2H3;3H2,1-2H3;3*1-2H3;3*1-2H;1H2/b14-8+;;;;;;;;;;/t17-,18+;12-;;;;;;;;;/m00........./s1. The van der Waals surface area contributed by atoms with Crippen LogP contribution in [-0.2, 0) is 23.9 Å². The van der Waals surface area contributed by atoms with Gasteiger partial charge in [-0.2, -0.15) is 0 Å². The topological polar surface area (TPSA) is 97.0 Å². The van der Waals surface area contributed by atoms with Gasteiger partial charge < -0.3 is 34.6 Å². The van der Waals surface area contributed by atoms with Gasteiger partial charge in [0.15, 0.2) is 0 Å². The number of aldehydes is 1. The molecule has 0 bridgehead atoms. The normalized spacial score (nSPS) is 12.7. The first-order valence-corrected chi connectivity index (χ1v) is 22.3. The van der Waals surface area contributed by atoms with Crippen LogP contribution in [0.1, 0.15) is 145 Å². The zero-order valence-corrected chi connectivity index (χ0v) is 43.0. The molecule has 0 fully saturated rings. The third kappa shape index (κ3) is 53.3. The van der Waals surface area contributed by atoms with Crippen molar-refractivity contribution in [3.8, 4) is 38.5 Å². The molecule has 2 rings (SSSR count). The molecule has 0 saturated carbocycles. The highest BCUT2D eigenvalue weighted by atomic mass is 19.1. The molecule has 0 aliphatic heterocycles. The van der Waals surface area contributed by atoms with E-state index in [0.29, 0.717) is 25.6 Å². The zero-order chi connectivity index (χ0) is 51.5. The van der Waals surface area contributed by atoms with Crippen molar-refractivity contribution in [3.63, 3.8) is 0 Å². The molecule has 0 spiro atoms. The SMILES string of the molecule is C#C.C#C.C#C.C=CCC[C@@H](C=O)N(C=O)CCCCC.C=CCO[C@@H]1C[C@H](NCCCNC)C(C/C=C(\C)OC)=C1C.C=O.CC.CC.CC.CCC.Cc1cc(C)cc(F)c1. The van der Waals surface area contributed by atoms with E-state index in [2.05, 4.69) is 96.1 Å². The van der Waals surface area contributed by atoms with Crippen LogP contribution in [0.15, 0.2) is 66.5 Å². The Morgan fingerprint density at radius 2 is 1.38 bits per heavy atom. The second kappa shape index (κ2) is 71.8. The van der Waals surface area contributed by atoms with Crippen LogP contribution in [0.25, 0.3) is 0 Å². The molecule has 1 aliphatic carbocycles. The number of aryl methyl sites for hydroxylation is 2. The Kier molecular flexibility index (Phi) is 89.7. The van der Waals surface area contributed by atoms with Gasteiger partial charge in [-0.1, -0.05) is 99.8 Å². The molecule has 8 nitrogen and oxygen atoms in total. The number of ether oxygens (including phenoxy) is 2. The quantitative estimate of drug-likeness (QED) is 0.0417. The lowest BCUT2D eigenvalue weighted by molar-refractivity contribution is -0.125. The first-order chi connectivity index (χ1) is 30.5. The Morgan fingerprint density at radius 1 is 0.873 bits per heavy atom. The van der Waals surface area contributed by atoms with Crippen LogP contribution in [0, 0.1) is 58.2 Å². The molecule has 1 aliphatic rings. The maximum atomic E-state index is 12.4. The first-order valence-electron chi connectivity index (χ1n) is 22.3. The summed E-state index contributed by atoms with van der Waals surface area (Å²) in [5, 5.41) is 6.85. The van der Waals surface area contributed by atoms with Gasteiger partial charge in [-0.15, -0.1) is 51.7 Å². The van der Waals surface area contributed by atoms with Crippen LogP contribution >= 0.6 is 0 Å². The lowest BCUT2D eigenvalue weighted by Gasteiger charge is -2.23. The number of nitrogens with one attached hydrogen (secondary N) is 2. The minimum Gasteiger partial charge on any atom is -0.502 e. The Balaban J connectivity index is -0.0000000882. The van der Waals surface area contributed by atoms with Crippen LogP contribution in [0.4, 0.5) is 4.39 Å². The fraction of sp³-hybridized carbons (Fsp3) is 0.574. The number of carbonyl (C=O) groups excluding carboxylic acids is 3. The average Bonchev–Trinajstić information content (AvgIpc) is 3.63. The van der Waals surface area contributed by atoms with E-state index < -0.39 is 0 Å². The molecule has 63 heavy (non-hydrogen) atoms. The second-order valence-electron chi connectivity index (χ2n) is 12.4. The molecular formula is C54H96FN3O5. The number of carbonyl (C=O) groups is 3. The summed E-state index contributed by atoms with van der Waals surface area (Å²) >= 11 is 0. The summed E-state index contributed by atoms with van der Waals surface area (Å²) in [5.41, 5.74) is 4.75. The number of halogens is 1. The first kappa shape index (κ1) is 78.7. The highest BCUT2D eigenvalue weighted by Gasteiger charge is 2.30. The fourth-order valence-corrected chi connectivity index (χ4v) is 5.14. The van der Waals surface area contributed by atoms with E-state index in [1.165, 1.54) is 29.7 Å². The lowest BCUT2D eigenvalue weighted by Crippen LogP contribution is -2.36. The number of methoxy groups -OCH3 is 1. The molecule has 2 N–H and O–H groups in total. The Labute approximate surface area is 390 Å². The minimum atomic E-state index is -0.280. The molecule has 9 heteroatoms. The van der Waals surface area contributed by atoms with E-state index in [4.69, 9.17) is 14.3 Å². The van der Waals surface area contributed by atoms with Gasteiger partial charge in [0.05, 0.1) is 31.6 Å². The van der Waals surface area contributed by atoms with E-state index in [9.17, 15) is 14.0 Å². The summed E-state index contributed by atoms with van der Waals surface area (Å²) in [6.07, 6.45) is 40.5. The minimum absolute atomic E-state index is 0.146. The van der Waals surface area contributed by atoms with Gasteiger partial charge in [-0.3, -0.25) is 4.79 Å². The number of terminal acetylenes is 3. The Bertz CT molecular complexity index is 1170. The highest BCUT2D eigenvalue weighted by molar-refractivity contribution is 5.63. The van der Waals surface area contributed by atoms with Crippen LogP contribution in [-0.4, -0.2) is 83.0 Å². The van der Waals surface area contributed by atoms with Crippen LogP contribution in [0.5, 0.6) is 0 Å². The summed E-state index contributed by atoms with van der Waals surface area (Å²) in [7, 11) is 3.70. The molecule has 0 radical (unpaired) electrons. The molecule has 364 valence electrons. The number of hydrogen-bond acceptors (Lipinski definition) is 7. The number of nitrogens with zero attached hydrogens (tertiary/aromatic N) is 1. The number of hydrogen-bond donors (Lipinski definition) is 2. The Hall–Kier alpha value is -4.72. The lowest BCUT2D eigenvalue weighted by atomic mass is 10.0. The van der Waals surface area contributed by atoms with E-state index >= 15 is 0 Å². The predicted molar refractivity (Wildman–Crippen MR) is 277 cm³/mol. The number of benzene rings is 1. The van der Waals surface area contributed by atoms with Crippen molar-refractivity contribution in [2.75, 3.05) is 40.4 Å². The maximum absolute atomic E-state index is 12.4. The van der Waals surface area contributed by atoms with Gasteiger partial charge in [0.25, 0.3) is 0 Å². The monoisotopic (exact) mass is 886 g/mol. The van der Waals surface area contributed by atoms with Crippen molar-refractivity contribution in [1.82, 2.24) is 15.5 Å². The summed E-state index contributed by atoms with van der Waals surface area (Å²) in [5.74, 6) is 0.817. The van der Waals surface area contributed by atoms with E-state index in [1.54, 1.807) is 18.1 Å². The van der Waals surface area contributed by atoms with Gasteiger partial charge in [0.1, 0.15) is 18.9 Å². The number of amides is 1. The molecule has 1 aromatic rings. The van der Waals surface area contributed by atoms with Crippen LogP contribution in [0.3, 0.4) is 0 Å². The largest absolute Gasteiger partial charge is 0.502 e. The molecule has 1 amide bonds. The van der Waals surface area contributed by atoms with Gasteiger partial charge >= 0.3 is 0 Å². The number of rotatable bonds is 21. The predicted octanol–water partition coefficient (Wildman–Crippen LogP) is 12.5. The van der Waals surface area contributed by atoms with Gasteiger partial charge in [0, 0.05) is 12.6 Å². The van der Waals surface area contributed by atoms with Crippen molar-refractivity contribution in [1.29, 1.82) is 0 Å². The van der Waals surface area contributed by atoms with Crippen molar-refractivity contribution >= 4 is 19.5 Å². The zero-order valence-electron chi connectivity index (χ0n) is 43.0. The third-order valence-corrected chi connectivity index (χ3v) is 7.79. The Morgan fingerprint density at radius 3 is 1.76 bits per heavy atom. The summed E-state index contributed by atoms with van der Waals surface area (Å²) < 4.78 is 23.6. The molecule has 3 atom stereocenters. The molecule has 0 aromatic heterocycles. The molecule has 0 heterocycles. The third-order valence-electron chi connectivity index (χ3n) is 7.79. The smallest absolute Gasteiger partial charge is 0.210 e. The maximum Gasteiger partial charge on any atom is 0.210 e. The summed E-state index contributed by atoms with van der Waals surface area (Å²) in [6.45, 7) is 39.0. The van der Waals surface area contributed by atoms with Crippen molar-refractivity contribution in [2.24, 2.45) is 0 Å². The second-order valence-corrected chi connectivity index (χ2v) is 12.4. The van der Waals surface area contributed by atoms with Crippen molar-refractivity contribution in [2.45, 2.75) is 166 Å².